The fraction of sp³-hybridized carbons (Fsp3) is 1.00. The van der Waals surface area contributed by atoms with Gasteiger partial charge in [0.1, 0.15) is 6.10 Å². The van der Waals surface area contributed by atoms with Gasteiger partial charge in [0, 0.05) is 13.2 Å². The molecule has 0 aromatic heterocycles. The Morgan fingerprint density at radius 1 is 1.19 bits per heavy atom. The Labute approximate surface area is 99.1 Å². The maximum Gasteiger partial charge on any atom is 0.183 e. The van der Waals surface area contributed by atoms with E-state index in [0.717, 1.165) is 18.8 Å². The van der Waals surface area contributed by atoms with E-state index in [-0.39, 0.29) is 0 Å². The summed E-state index contributed by atoms with van der Waals surface area (Å²) in [5, 5.41) is 10.3. The summed E-state index contributed by atoms with van der Waals surface area (Å²) in [6.45, 7) is 7.30. The van der Waals surface area contributed by atoms with Gasteiger partial charge in [0.2, 0.25) is 0 Å². The van der Waals surface area contributed by atoms with Crippen molar-refractivity contribution in [2.45, 2.75) is 58.8 Å². The maximum atomic E-state index is 10.3. The van der Waals surface area contributed by atoms with Gasteiger partial charge >= 0.3 is 0 Å². The summed E-state index contributed by atoms with van der Waals surface area (Å²) < 4.78 is 10.9. The van der Waals surface area contributed by atoms with E-state index in [9.17, 15) is 5.11 Å². The van der Waals surface area contributed by atoms with Crippen molar-refractivity contribution >= 4 is 0 Å². The zero-order chi connectivity index (χ0) is 12.0. The van der Waals surface area contributed by atoms with Crippen molar-refractivity contribution in [3.8, 4) is 0 Å². The van der Waals surface area contributed by atoms with Crippen molar-refractivity contribution in [1.82, 2.24) is 0 Å². The molecule has 3 unspecified atom stereocenters. The van der Waals surface area contributed by atoms with Gasteiger partial charge in [0.05, 0.1) is 0 Å². The van der Waals surface area contributed by atoms with Crippen LogP contribution in [0.1, 0.15) is 46.5 Å². The normalized spacial score (nSPS) is 28.3. The molecule has 0 heterocycles. The van der Waals surface area contributed by atoms with Crippen LogP contribution in [-0.2, 0) is 9.47 Å². The van der Waals surface area contributed by atoms with Gasteiger partial charge in [-0.3, -0.25) is 0 Å². The molecule has 0 aliphatic heterocycles. The molecule has 3 nitrogen and oxygen atoms in total. The Morgan fingerprint density at radius 2 is 1.81 bits per heavy atom. The minimum Gasteiger partial charge on any atom is -0.388 e. The summed E-state index contributed by atoms with van der Waals surface area (Å²) in [5.74, 6) is 1.06. The standard InChI is InChI=1S/C13H26O3/c1-4-15-13(16-5-2)12(14)11-8-6-7-10(3)9-11/h10-14H,4-9H2,1-3H3. The van der Waals surface area contributed by atoms with Crippen LogP contribution in [0.2, 0.25) is 0 Å². The fourth-order valence-corrected chi connectivity index (χ4v) is 2.59. The molecule has 0 aromatic carbocycles. The molecule has 0 radical (unpaired) electrons. The molecule has 1 aliphatic rings. The molecule has 0 amide bonds. The maximum absolute atomic E-state index is 10.3. The zero-order valence-electron chi connectivity index (χ0n) is 10.8. The van der Waals surface area contributed by atoms with Crippen LogP contribution in [0.15, 0.2) is 0 Å². The van der Waals surface area contributed by atoms with Gasteiger partial charge in [-0.15, -0.1) is 0 Å². The SMILES string of the molecule is CCOC(OCC)C(O)C1CCCC(C)C1. The second kappa shape index (κ2) is 7.25. The van der Waals surface area contributed by atoms with Crippen molar-refractivity contribution in [2.24, 2.45) is 11.8 Å². The highest BCUT2D eigenvalue weighted by Gasteiger charge is 2.31. The third-order valence-electron chi connectivity index (χ3n) is 3.40. The van der Waals surface area contributed by atoms with Crippen molar-refractivity contribution < 1.29 is 14.6 Å². The highest BCUT2D eigenvalue weighted by Crippen LogP contribution is 2.32. The average molecular weight is 230 g/mol. The van der Waals surface area contributed by atoms with Crippen LogP contribution in [0.25, 0.3) is 0 Å². The van der Waals surface area contributed by atoms with Crippen LogP contribution in [-0.4, -0.2) is 30.7 Å². The molecule has 0 aromatic rings. The van der Waals surface area contributed by atoms with E-state index < -0.39 is 12.4 Å². The van der Waals surface area contributed by atoms with E-state index in [1.54, 1.807) is 0 Å². The Bertz CT molecular complexity index is 173. The number of hydrogen-bond acceptors (Lipinski definition) is 3. The molecule has 1 saturated carbocycles. The lowest BCUT2D eigenvalue weighted by Gasteiger charge is -2.34. The highest BCUT2D eigenvalue weighted by atomic mass is 16.7. The first-order chi connectivity index (χ1) is 7.69. The number of aliphatic hydroxyl groups excluding tert-OH is 1. The van der Waals surface area contributed by atoms with Crippen molar-refractivity contribution in [2.75, 3.05) is 13.2 Å². The topological polar surface area (TPSA) is 38.7 Å². The lowest BCUT2D eigenvalue weighted by molar-refractivity contribution is -0.205. The third kappa shape index (κ3) is 4.04. The van der Waals surface area contributed by atoms with E-state index in [4.69, 9.17) is 9.47 Å². The van der Waals surface area contributed by atoms with Gasteiger partial charge in [0.15, 0.2) is 6.29 Å². The summed E-state index contributed by atoms with van der Waals surface area (Å²) >= 11 is 0. The molecule has 16 heavy (non-hydrogen) atoms. The predicted molar refractivity (Wildman–Crippen MR) is 64.2 cm³/mol. The Morgan fingerprint density at radius 3 is 2.31 bits per heavy atom. The fourth-order valence-electron chi connectivity index (χ4n) is 2.59. The summed E-state index contributed by atoms with van der Waals surface area (Å²) in [5.41, 5.74) is 0. The van der Waals surface area contributed by atoms with Gasteiger partial charge in [-0.1, -0.05) is 19.8 Å². The van der Waals surface area contributed by atoms with Gasteiger partial charge in [0.25, 0.3) is 0 Å². The summed E-state index contributed by atoms with van der Waals surface area (Å²) in [6.07, 6.45) is 3.79. The van der Waals surface area contributed by atoms with Crippen molar-refractivity contribution in [1.29, 1.82) is 0 Å². The van der Waals surface area contributed by atoms with Crippen LogP contribution in [0.5, 0.6) is 0 Å². The molecule has 96 valence electrons. The number of rotatable bonds is 6. The monoisotopic (exact) mass is 230 g/mol. The van der Waals surface area contributed by atoms with E-state index in [0.29, 0.717) is 19.1 Å². The van der Waals surface area contributed by atoms with Crippen LogP contribution < -0.4 is 0 Å². The molecule has 1 aliphatic carbocycles. The predicted octanol–water partition coefficient (Wildman–Crippen LogP) is 2.57. The Kier molecular flexibility index (Phi) is 6.32. The molecular formula is C13H26O3. The zero-order valence-corrected chi connectivity index (χ0v) is 10.8. The van der Waals surface area contributed by atoms with Crippen molar-refractivity contribution in [3.63, 3.8) is 0 Å². The summed E-state index contributed by atoms with van der Waals surface area (Å²) in [6, 6.07) is 0. The van der Waals surface area contributed by atoms with E-state index >= 15 is 0 Å². The van der Waals surface area contributed by atoms with E-state index in [1.807, 2.05) is 13.8 Å². The summed E-state index contributed by atoms with van der Waals surface area (Å²) in [7, 11) is 0. The molecule has 1 fully saturated rings. The van der Waals surface area contributed by atoms with E-state index in [2.05, 4.69) is 6.92 Å². The quantitative estimate of drug-likeness (QED) is 0.713. The third-order valence-corrected chi connectivity index (χ3v) is 3.40. The molecule has 0 bridgehead atoms. The Hall–Kier alpha value is -0.120. The van der Waals surface area contributed by atoms with Gasteiger partial charge < -0.3 is 14.6 Å². The lowest BCUT2D eigenvalue weighted by Crippen LogP contribution is -2.39. The molecule has 0 spiro atoms. The number of hydrogen-bond donors (Lipinski definition) is 1. The second-order valence-electron chi connectivity index (χ2n) is 4.80. The van der Waals surface area contributed by atoms with Crippen LogP contribution >= 0.6 is 0 Å². The molecular weight excluding hydrogens is 204 g/mol. The lowest BCUT2D eigenvalue weighted by atomic mass is 9.79. The van der Waals surface area contributed by atoms with Gasteiger partial charge in [-0.05, 0) is 38.5 Å². The van der Waals surface area contributed by atoms with Crippen LogP contribution in [0.3, 0.4) is 0 Å². The van der Waals surface area contributed by atoms with Crippen LogP contribution in [0, 0.1) is 11.8 Å². The molecule has 3 atom stereocenters. The minimum atomic E-state index is -0.470. The largest absolute Gasteiger partial charge is 0.388 e. The first kappa shape index (κ1) is 13.9. The minimum absolute atomic E-state index is 0.340. The van der Waals surface area contributed by atoms with Crippen LogP contribution in [0.4, 0.5) is 0 Å². The molecule has 3 heteroatoms. The van der Waals surface area contributed by atoms with E-state index in [1.165, 1.54) is 12.8 Å². The highest BCUT2D eigenvalue weighted by molar-refractivity contribution is 4.78. The summed E-state index contributed by atoms with van der Waals surface area (Å²) in [4.78, 5) is 0. The second-order valence-corrected chi connectivity index (χ2v) is 4.80. The molecule has 1 N–H and O–H groups in total. The smallest absolute Gasteiger partial charge is 0.183 e. The number of aliphatic hydroxyl groups is 1. The Balaban J connectivity index is 2.47. The molecule has 1 rings (SSSR count). The van der Waals surface area contributed by atoms with Gasteiger partial charge in [-0.2, -0.15) is 0 Å². The van der Waals surface area contributed by atoms with Gasteiger partial charge in [-0.25, -0.2) is 0 Å². The average Bonchev–Trinajstić information content (AvgIpc) is 2.28. The first-order valence-corrected chi connectivity index (χ1v) is 6.60. The number of ether oxygens (including phenoxy) is 2. The first-order valence-electron chi connectivity index (χ1n) is 6.60. The van der Waals surface area contributed by atoms with Crippen molar-refractivity contribution in [3.05, 3.63) is 0 Å². The molecule has 0 saturated heterocycles.